The van der Waals surface area contributed by atoms with E-state index in [-0.39, 0.29) is 12.4 Å². The van der Waals surface area contributed by atoms with Crippen molar-refractivity contribution in [1.82, 2.24) is 9.97 Å². The van der Waals surface area contributed by atoms with Crippen LogP contribution < -0.4 is 17.3 Å². The van der Waals surface area contributed by atoms with Gasteiger partial charge < -0.3 is 17.3 Å². The van der Waals surface area contributed by atoms with Gasteiger partial charge in [-0.2, -0.15) is 0 Å². The summed E-state index contributed by atoms with van der Waals surface area (Å²) in [5, 5.41) is 1.18. The fourth-order valence-electron chi connectivity index (χ4n) is 2.66. The summed E-state index contributed by atoms with van der Waals surface area (Å²) in [5.74, 6) is 1.10. The molecule has 19 heavy (non-hydrogen) atoms. The highest BCUT2D eigenvalue weighted by Gasteiger charge is 2.21. The summed E-state index contributed by atoms with van der Waals surface area (Å²) < 4.78 is 1.24. The maximum atomic E-state index is 4.53. The molecule has 0 bridgehead atoms. The van der Waals surface area contributed by atoms with Crippen LogP contribution >= 0.6 is 22.6 Å². The number of anilines is 1. The zero-order valence-corrected chi connectivity index (χ0v) is 13.7. The molecule has 0 aliphatic carbocycles. The van der Waals surface area contributed by atoms with E-state index < -0.39 is 0 Å². The smallest absolute Gasteiger partial charge is 0.140 e. The van der Waals surface area contributed by atoms with Gasteiger partial charge >= 0.3 is 0 Å². The van der Waals surface area contributed by atoms with Crippen LogP contribution in [-0.4, -0.2) is 22.6 Å². The molecule has 0 saturated carbocycles. The molecule has 0 spiro atoms. The number of nitrogens with zero attached hydrogens (tertiary/aromatic N) is 3. The van der Waals surface area contributed by atoms with E-state index in [0.29, 0.717) is 6.04 Å². The van der Waals surface area contributed by atoms with Crippen molar-refractivity contribution < 1.29 is 12.4 Å². The summed E-state index contributed by atoms with van der Waals surface area (Å²) in [6.07, 6.45) is 5.54. The molecular weight excluding hydrogens is 373 g/mol. The summed E-state index contributed by atoms with van der Waals surface area (Å²) >= 11 is 2.35. The van der Waals surface area contributed by atoms with Crippen LogP contribution in [-0.2, 0) is 0 Å². The molecule has 0 amide bonds. The largest absolute Gasteiger partial charge is 1.00 e. The second-order valence-electron chi connectivity index (χ2n) is 4.90. The van der Waals surface area contributed by atoms with Crippen molar-refractivity contribution in [3.05, 3.63) is 28.1 Å². The minimum atomic E-state index is 0. The van der Waals surface area contributed by atoms with Crippen LogP contribution in [0.25, 0.3) is 10.9 Å². The maximum absolute atomic E-state index is 4.53. The number of piperidine rings is 1. The number of hydrogen-bond acceptors (Lipinski definition) is 3. The number of halogens is 2. The lowest BCUT2D eigenvalue weighted by atomic mass is 10.0. The Bertz CT molecular complexity index is 576. The monoisotopic (exact) mass is 388 g/mol. The summed E-state index contributed by atoms with van der Waals surface area (Å²) in [4.78, 5) is 11.3. The van der Waals surface area contributed by atoms with Gasteiger partial charge in [-0.15, -0.1) is 0 Å². The molecule has 2 aromatic rings. The SMILES string of the molecule is CC1CCCCN1c1ncnc2ccc(I)cc12.[Cl-]. The summed E-state index contributed by atoms with van der Waals surface area (Å²) in [6.45, 7) is 3.40. The van der Waals surface area contributed by atoms with Crippen molar-refractivity contribution >= 4 is 39.3 Å². The standard InChI is InChI=1S/C14H16IN3.ClH/c1-10-4-2-3-7-18(10)14-12-8-11(15)5-6-13(12)16-9-17-14;/h5-6,8-10H,2-4,7H2,1H3;1H/p-1. The average molecular weight is 389 g/mol. The van der Waals surface area contributed by atoms with Crippen LogP contribution in [0, 0.1) is 3.57 Å². The molecular formula is C14H16ClIN3-. The number of benzene rings is 1. The zero-order valence-electron chi connectivity index (χ0n) is 10.8. The molecule has 1 saturated heterocycles. The Labute approximate surface area is 133 Å². The Morgan fingerprint density at radius 1 is 1.26 bits per heavy atom. The van der Waals surface area contributed by atoms with Crippen LogP contribution in [0.3, 0.4) is 0 Å². The molecule has 5 heteroatoms. The molecule has 102 valence electrons. The summed E-state index contributed by atoms with van der Waals surface area (Å²) in [5.41, 5.74) is 1.04. The summed E-state index contributed by atoms with van der Waals surface area (Å²) in [7, 11) is 0. The second kappa shape index (κ2) is 6.22. The highest BCUT2D eigenvalue weighted by atomic mass is 127. The molecule has 0 radical (unpaired) electrons. The lowest BCUT2D eigenvalue weighted by Gasteiger charge is -2.34. The van der Waals surface area contributed by atoms with Crippen LogP contribution in [0.15, 0.2) is 24.5 Å². The van der Waals surface area contributed by atoms with E-state index in [0.717, 1.165) is 17.9 Å². The number of fused-ring (bicyclic) bond motifs is 1. The number of aromatic nitrogens is 2. The molecule has 1 aliphatic heterocycles. The van der Waals surface area contributed by atoms with Gasteiger partial charge in [0.25, 0.3) is 0 Å². The number of hydrogen-bond donors (Lipinski definition) is 0. The lowest BCUT2D eigenvalue weighted by molar-refractivity contribution is -0.00000368. The third-order valence-electron chi connectivity index (χ3n) is 3.65. The van der Waals surface area contributed by atoms with E-state index in [1.165, 1.54) is 28.2 Å². The van der Waals surface area contributed by atoms with Crippen molar-refractivity contribution in [2.75, 3.05) is 11.4 Å². The molecule has 1 aromatic heterocycles. The molecule has 3 rings (SSSR count). The molecule has 1 fully saturated rings. The third-order valence-corrected chi connectivity index (χ3v) is 4.32. The molecule has 1 unspecified atom stereocenters. The Morgan fingerprint density at radius 2 is 2.11 bits per heavy atom. The van der Waals surface area contributed by atoms with E-state index >= 15 is 0 Å². The van der Waals surface area contributed by atoms with Gasteiger partial charge in [0.05, 0.1) is 5.52 Å². The third kappa shape index (κ3) is 2.94. The van der Waals surface area contributed by atoms with Gasteiger partial charge in [-0.05, 0) is 67.0 Å². The fourth-order valence-corrected chi connectivity index (χ4v) is 3.15. The predicted molar refractivity (Wildman–Crippen MR) is 82.9 cm³/mol. The van der Waals surface area contributed by atoms with Crippen LogP contribution in [0.2, 0.25) is 0 Å². The first kappa shape index (κ1) is 14.8. The van der Waals surface area contributed by atoms with E-state index in [2.05, 4.69) is 62.6 Å². The molecule has 1 atom stereocenters. The predicted octanol–water partition coefficient (Wildman–Crippen LogP) is 0.617. The minimum Gasteiger partial charge on any atom is -1.00 e. The Morgan fingerprint density at radius 3 is 2.89 bits per heavy atom. The van der Waals surface area contributed by atoms with Crippen LogP contribution in [0.5, 0.6) is 0 Å². The molecule has 2 heterocycles. The van der Waals surface area contributed by atoms with E-state index in [9.17, 15) is 0 Å². The van der Waals surface area contributed by atoms with Gasteiger partial charge in [0.2, 0.25) is 0 Å². The fraction of sp³-hybridized carbons (Fsp3) is 0.429. The normalized spacial score (nSPS) is 19.3. The molecule has 1 aromatic carbocycles. The van der Waals surface area contributed by atoms with Crippen molar-refractivity contribution in [3.63, 3.8) is 0 Å². The average Bonchev–Trinajstić information content (AvgIpc) is 2.39. The van der Waals surface area contributed by atoms with Gasteiger partial charge in [-0.3, -0.25) is 0 Å². The molecule has 1 aliphatic rings. The van der Waals surface area contributed by atoms with E-state index in [1.807, 2.05) is 0 Å². The first-order valence-electron chi connectivity index (χ1n) is 6.42. The van der Waals surface area contributed by atoms with Gasteiger partial charge in [-0.25, -0.2) is 9.97 Å². The van der Waals surface area contributed by atoms with Crippen molar-refractivity contribution in [1.29, 1.82) is 0 Å². The van der Waals surface area contributed by atoms with Crippen LogP contribution in [0.4, 0.5) is 5.82 Å². The minimum absolute atomic E-state index is 0. The van der Waals surface area contributed by atoms with Gasteiger partial charge in [0.1, 0.15) is 12.1 Å². The van der Waals surface area contributed by atoms with E-state index in [1.54, 1.807) is 6.33 Å². The van der Waals surface area contributed by atoms with Crippen molar-refractivity contribution in [2.24, 2.45) is 0 Å². The Balaban J connectivity index is 0.00000133. The zero-order chi connectivity index (χ0) is 12.5. The maximum Gasteiger partial charge on any atom is 0.140 e. The first-order chi connectivity index (χ1) is 8.75. The molecule has 3 nitrogen and oxygen atoms in total. The quantitative estimate of drug-likeness (QED) is 0.671. The first-order valence-corrected chi connectivity index (χ1v) is 7.50. The van der Waals surface area contributed by atoms with E-state index in [4.69, 9.17) is 0 Å². The van der Waals surface area contributed by atoms with Gasteiger partial charge in [-0.1, -0.05) is 0 Å². The highest BCUT2D eigenvalue weighted by molar-refractivity contribution is 14.1. The van der Waals surface area contributed by atoms with Crippen LogP contribution in [0.1, 0.15) is 26.2 Å². The summed E-state index contributed by atoms with van der Waals surface area (Å²) in [6, 6.07) is 6.94. The lowest BCUT2D eigenvalue weighted by Crippen LogP contribution is -3.00. The topological polar surface area (TPSA) is 29.0 Å². The van der Waals surface area contributed by atoms with Crippen molar-refractivity contribution in [2.45, 2.75) is 32.2 Å². The highest BCUT2D eigenvalue weighted by Crippen LogP contribution is 2.29. The number of rotatable bonds is 1. The Hall–Kier alpha value is -0.620. The molecule has 0 N–H and O–H groups in total. The van der Waals surface area contributed by atoms with Gasteiger partial charge in [0, 0.05) is 21.5 Å². The Kier molecular flexibility index (Phi) is 4.84. The second-order valence-corrected chi connectivity index (χ2v) is 6.14. The van der Waals surface area contributed by atoms with Gasteiger partial charge in [0.15, 0.2) is 0 Å². The van der Waals surface area contributed by atoms with Crippen molar-refractivity contribution in [3.8, 4) is 0 Å².